The molecule has 2 aromatic rings. The van der Waals surface area contributed by atoms with Gasteiger partial charge in [0.2, 0.25) is 0 Å². The van der Waals surface area contributed by atoms with E-state index in [0.29, 0.717) is 13.2 Å². The third kappa shape index (κ3) is 5.77. The molecule has 1 saturated heterocycles. The molecule has 1 N–H and O–H groups in total. The van der Waals surface area contributed by atoms with E-state index in [2.05, 4.69) is 95.3 Å². The van der Waals surface area contributed by atoms with Gasteiger partial charge in [0.15, 0.2) is 5.79 Å². The van der Waals surface area contributed by atoms with E-state index in [0.717, 1.165) is 6.42 Å². The van der Waals surface area contributed by atoms with E-state index in [9.17, 15) is 5.11 Å². The Morgan fingerprint density at radius 1 is 1.00 bits per heavy atom. The molecule has 4 atom stereocenters. The van der Waals surface area contributed by atoms with Gasteiger partial charge in [0.25, 0.3) is 8.32 Å². The van der Waals surface area contributed by atoms with Crippen molar-refractivity contribution in [3.05, 3.63) is 60.7 Å². The molecule has 0 bridgehead atoms. The minimum atomic E-state index is -2.62. The topological polar surface area (TPSA) is 47.9 Å². The fraction of sp³-hybridized carbons (Fsp3) is 0.571. The van der Waals surface area contributed by atoms with Crippen LogP contribution in [0.5, 0.6) is 0 Å². The number of hydrogen-bond donors (Lipinski definition) is 1. The minimum Gasteiger partial charge on any atom is -0.407 e. The van der Waals surface area contributed by atoms with Crippen LogP contribution in [0.25, 0.3) is 0 Å². The zero-order chi connectivity index (χ0) is 24.3. The Morgan fingerprint density at radius 3 is 1.97 bits per heavy atom. The van der Waals surface area contributed by atoms with Gasteiger partial charge in [0.1, 0.15) is 0 Å². The molecule has 3 rings (SSSR count). The molecular formula is C28H42O4Si. The first kappa shape index (κ1) is 26.1. The third-order valence-corrected chi connectivity index (χ3v) is 12.0. The number of benzene rings is 2. The van der Waals surface area contributed by atoms with Gasteiger partial charge < -0.3 is 19.0 Å². The van der Waals surface area contributed by atoms with Gasteiger partial charge in [-0.2, -0.15) is 0 Å². The van der Waals surface area contributed by atoms with Crippen molar-refractivity contribution in [3.63, 3.8) is 0 Å². The number of hydrogen-bond acceptors (Lipinski definition) is 4. The third-order valence-electron chi connectivity index (χ3n) is 6.97. The van der Waals surface area contributed by atoms with Crippen molar-refractivity contribution in [1.82, 2.24) is 0 Å². The summed E-state index contributed by atoms with van der Waals surface area (Å²) in [6.07, 6.45) is 0.241. The lowest BCUT2D eigenvalue weighted by Gasteiger charge is -2.44. The SMILES string of the molecule is C[C@H]([C@H](O)[C@H](C)CO[Si](c1ccccc1)(c1ccccc1)C(C)(C)C)[C@H]1CCOC(C)(C)O1. The Hall–Kier alpha value is -1.50. The fourth-order valence-corrected chi connectivity index (χ4v) is 9.77. The van der Waals surface area contributed by atoms with E-state index in [-0.39, 0.29) is 23.0 Å². The smallest absolute Gasteiger partial charge is 0.261 e. The van der Waals surface area contributed by atoms with Crippen LogP contribution in [0.2, 0.25) is 5.04 Å². The summed E-state index contributed by atoms with van der Waals surface area (Å²) in [7, 11) is -2.62. The molecule has 1 aliphatic rings. The molecule has 1 fully saturated rings. The second-order valence-electron chi connectivity index (χ2n) is 11.0. The van der Waals surface area contributed by atoms with Gasteiger partial charge in [0, 0.05) is 18.4 Å². The van der Waals surface area contributed by atoms with Crippen LogP contribution in [0.4, 0.5) is 0 Å². The van der Waals surface area contributed by atoms with Gasteiger partial charge in [-0.25, -0.2) is 0 Å². The predicted molar refractivity (Wildman–Crippen MR) is 137 cm³/mol. The first-order chi connectivity index (χ1) is 15.5. The van der Waals surface area contributed by atoms with Crippen LogP contribution < -0.4 is 10.4 Å². The van der Waals surface area contributed by atoms with Crippen molar-refractivity contribution in [1.29, 1.82) is 0 Å². The summed E-state index contributed by atoms with van der Waals surface area (Å²) in [5.74, 6) is -0.645. The average Bonchev–Trinajstić information content (AvgIpc) is 2.78. The standard InChI is InChI=1S/C28H42O4Si/c1-21(26(29)22(2)25-18-19-30-28(6,7)32-25)20-31-33(27(3,4)5,23-14-10-8-11-15-23)24-16-12-9-13-17-24/h8-17,21-22,25-26,29H,18-20H2,1-7H3/t21-,22+,25-,26-/m1/s1. The summed E-state index contributed by atoms with van der Waals surface area (Å²) in [5, 5.41) is 13.7. The maximum atomic E-state index is 11.3. The van der Waals surface area contributed by atoms with E-state index in [1.165, 1.54) is 10.4 Å². The molecule has 0 aromatic heterocycles. The second-order valence-corrected chi connectivity index (χ2v) is 15.3. The zero-order valence-electron chi connectivity index (χ0n) is 21.4. The van der Waals surface area contributed by atoms with E-state index in [1.807, 2.05) is 13.8 Å². The Labute approximate surface area is 201 Å². The predicted octanol–water partition coefficient (Wildman–Crippen LogP) is 4.74. The molecule has 0 saturated carbocycles. The molecule has 2 aromatic carbocycles. The quantitative estimate of drug-likeness (QED) is 0.566. The normalized spacial score (nSPS) is 21.9. The Bertz CT molecular complexity index is 823. The Morgan fingerprint density at radius 2 is 1.52 bits per heavy atom. The molecule has 1 aliphatic heterocycles. The van der Waals surface area contributed by atoms with Crippen molar-refractivity contribution in [2.24, 2.45) is 11.8 Å². The number of rotatable bonds is 8. The molecule has 1 heterocycles. The maximum Gasteiger partial charge on any atom is 0.261 e. The summed E-state index contributed by atoms with van der Waals surface area (Å²) in [4.78, 5) is 0. The zero-order valence-corrected chi connectivity index (χ0v) is 22.4. The number of aliphatic hydroxyl groups excluding tert-OH is 1. The summed E-state index contributed by atoms with van der Waals surface area (Å²) < 4.78 is 18.9. The largest absolute Gasteiger partial charge is 0.407 e. The summed E-state index contributed by atoms with van der Waals surface area (Å²) >= 11 is 0. The lowest BCUT2D eigenvalue weighted by molar-refractivity contribution is -0.287. The van der Waals surface area contributed by atoms with Crippen LogP contribution in [0.15, 0.2) is 60.7 Å². The highest BCUT2D eigenvalue weighted by molar-refractivity contribution is 6.99. The summed E-state index contributed by atoms with van der Waals surface area (Å²) in [6.45, 7) is 16.0. The highest BCUT2D eigenvalue weighted by Gasteiger charge is 2.50. The second kappa shape index (κ2) is 10.4. The van der Waals surface area contributed by atoms with E-state index in [1.54, 1.807) is 0 Å². The van der Waals surface area contributed by atoms with Crippen molar-refractivity contribution < 1.29 is 19.0 Å². The molecule has 0 aliphatic carbocycles. The van der Waals surface area contributed by atoms with Gasteiger partial charge in [-0.15, -0.1) is 0 Å². The molecule has 5 heteroatoms. The van der Waals surface area contributed by atoms with E-state index >= 15 is 0 Å². The minimum absolute atomic E-state index is 0.00840. The van der Waals surface area contributed by atoms with Gasteiger partial charge in [-0.3, -0.25) is 0 Å². The highest BCUT2D eigenvalue weighted by Crippen LogP contribution is 2.37. The van der Waals surface area contributed by atoms with Gasteiger partial charge >= 0.3 is 0 Å². The summed E-state index contributed by atoms with van der Waals surface area (Å²) in [6, 6.07) is 21.3. The molecule has 33 heavy (non-hydrogen) atoms. The lowest BCUT2D eigenvalue weighted by atomic mass is 9.88. The Balaban J connectivity index is 1.85. The molecule has 0 amide bonds. The number of ether oxygens (including phenoxy) is 2. The molecule has 182 valence electrons. The monoisotopic (exact) mass is 470 g/mol. The van der Waals surface area contributed by atoms with Crippen molar-refractivity contribution in [3.8, 4) is 0 Å². The Kier molecular flexibility index (Phi) is 8.23. The number of aliphatic hydroxyl groups is 1. The van der Waals surface area contributed by atoms with Crippen molar-refractivity contribution in [2.75, 3.05) is 13.2 Å². The highest BCUT2D eigenvalue weighted by atomic mass is 28.4. The van der Waals surface area contributed by atoms with Gasteiger partial charge in [-0.1, -0.05) is 95.3 Å². The average molecular weight is 471 g/mol. The van der Waals surface area contributed by atoms with E-state index < -0.39 is 20.2 Å². The van der Waals surface area contributed by atoms with Crippen molar-refractivity contribution in [2.45, 2.75) is 77.9 Å². The van der Waals surface area contributed by atoms with E-state index in [4.69, 9.17) is 13.9 Å². The molecule has 4 nitrogen and oxygen atoms in total. The van der Waals surface area contributed by atoms with Crippen LogP contribution in [-0.2, 0) is 13.9 Å². The molecule has 0 radical (unpaired) electrons. The molecule has 0 spiro atoms. The first-order valence-electron chi connectivity index (χ1n) is 12.2. The molecule has 0 unspecified atom stereocenters. The van der Waals surface area contributed by atoms with Gasteiger partial charge in [-0.05, 0) is 35.7 Å². The lowest BCUT2D eigenvalue weighted by Crippen LogP contribution is -2.67. The van der Waals surface area contributed by atoms with Gasteiger partial charge in [0.05, 0.1) is 18.8 Å². The fourth-order valence-electron chi connectivity index (χ4n) is 5.10. The maximum absolute atomic E-state index is 11.3. The van der Waals surface area contributed by atoms with Crippen LogP contribution in [0.3, 0.4) is 0 Å². The van der Waals surface area contributed by atoms with Crippen LogP contribution in [0, 0.1) is 11.8 Å². The van der Waals surface area contributed by atoms with Crippen molar-refractivity contribution >= 4 is 18.7 Å². The van der Waals surface area contributed by atoms with Crippen LogP contribution in [-0.4, -0.2) is 44.6 Å². The van der Waals surface area contributed by atoms with Crippen LogP contribution >= 0.6 is 0 Å². The first-order valence-corrected chi connectivity index (χ1v) is 14.1. The molecular weight excluding hydrogens is 428 g/mol. The summed E-state index contributed by atoms with van der Waals surface area (Å²) in [5.41, 5.74) is 0. The van der Waals surface area contributed by atoms with Crippen LogP contribution in [0.1, 0.15) is 54.9 Å².